The van der Waals surface area contributed by atoms with E-state index in [0.29, 0.717) is 18.2 Å². The quantitative estimate of drug-likeness (QED) is 0.181. The number of imidazole rings is 1. The molecule has 50 heavy (non-hydrogen) atoms. The second-order valence-corrected chi connectivity index (χ2v) is 13.4. The molecule has 12 nitrogen and oxygen atoms in total. The fourth-order valence-corrected chi connectivity index (χ4v) is 6.81. The van der Waals surface area contributed by atoms with Crippen LogP contribution in [0.4, 0.5) is 16.3 Å². The zero-order chi connectivity index (χ0) is 35.4. The number of ether oxygens (including phenoxy) is 1. The summed E-state index contributed by atoms with van der Waals surface area (Å²) in [5, 5.41) is 9.09. The number of carbonyl (C=O) groups is 3. The van der Waals surface area contributed by atoms with Crippen molar-refractivity contribution in [2.24, 2.45) is 5.92 Å². The van der Waals surface area contributed by atoms with Crippen LogP contribution in [-0.4, -0.2) is 83.1 Å². The van der Waals surface area contributed by atoms with Gasteiger partial charge in [0.15, 0.2) is 0 Å². The molecule has 6 rings (SSSR count). The Kier molecular flexibility index (Phi) is 10.5. The van der Waals surface area contributed by atoms with E-state index in [1.807, 2.05) is 74.3 Å². The van der Waals surface area contributed by atoms with Gasteiger partial charge in [0.2, 0.25) is 5.91 Å². The Balaban J connectivity index is 1.10. The number of benzene rings is 2. The Morgan fingerprint density at radius 2 is 1.80 bits per heavy atom. The highest BCUT2D eigenvalue weighted by Crippen LogP contribution is 2.34. The topological polar surface area (TPSA) is 145 Å². The van der Waals surface area contributed by atoms with E-state index in [2.05, 4.69) is 49.9 Å². The SMILES string of the molecule is COC(=O)N[C@H](C(=O)N1CCC[C@H]1c1nc(-c2ccc(-c3ccc(NC(=O)c4ccc(N5CCNC[C@H]5C)nc4)cc3C)cc2)c[nH]1)C(C)C. The molecule has 12 heteroatoms. The normalized spacial score (nSPS) is 18.2. The summed E-state index contributed by atoms with van der Waals surface area (Å²) >= 11 is 0. The number of hydrogen-bond acceptors (Lipinski definition) is 8. The molecular formula is C38H46N8O4. The minimum absolute atomic E-state index is 0.0977. The highest BCUT2D eigenvalue weighted by atomic mass is 16.5. The van der Waals surface area contributed by atoms with Gasteiger partial charge in [-0.1, -0.05) is 44.2 Å². The first-order valence-corrected chi connectivity index (χ1v) is 17.3. The number of alkyl carbamates (subject to hydrolysis) is 1. The van der Waals surface area contributed by atoms with E-state index in [1.54, 1.807) is 6.20 Å². The van der Waals surface area contributed by atoms with Crippen molar-refractivity contribution >= 4 is 29.4 Å². The molecule has 262 valence electrons. The molecular weight excluding hydrogens is 632 g/mol. The molecule has 0 unspecified atom stereocenters. The van der Waals surface area contributed by atoms with Crippen molar-refractivity contribution in [3.63, 3.8) is 0 Å². The number of nitrogens with zero attached hydrogens (tertiary/aromatic N) is 4. The van der Waals surface area contributed by atoms with Gasteiger partial charge < -0.3 is 35.5 Å². The lowest BCUT2D eigenvalue weighted by Gasteiger charge is -2.34. The molecule has 2 aliphatic rings. The van der Waals surface area contributed by atoms with Gasteiger partial charge in [0.25, 0.3) is 5.91 Å². The number of methoxy groups -OCH3 is 1. The van der Waals surface area contributed by atoms with Crippen molar-refractivity contribution < 1.29 is 19.1 Å². The maximum Gasteiger partial charge on any atom is 0.407 e. The van der Waals surface area contributed by atoms with Crippen molar-refractivity contribution in [3.05, 3.63) is 83.9 Å². The van der Waals surface area contributed by atoms with Gasteiger partial charge in [-0.2, -0.15) is 0 Å². The number of amides is 3. The number of hydrogen-bond donors (Lipinski definition) is 4. The first kappa shape index (κ1) is 34.6. The Labute approximate surface area is 293 Å². The van der Waals surface area contributed by atoms with Gasteiger partial charge in [-0.3, -0.25) is 9.59 Å². The van der Waals surface area contributed by atoms with Crippen LogP contribution in [0.2, 0.25) is 0 Å². The molecule has 2 aliphatic heterocycles. The molecule has 0 aliphatic carbocycles. The van der Waals surface area contributed by atoms with Crippen LogP contribution in [0.25, 0.3) is 22.4 Å². The summed E-state index contributed by atoms with van der Waals surface area (Å²) in [4.78, 5) is 55.2. The number of nitrogens with one attached hydrogen (secondary N) is 4. The highest BCUT2D eigenvalue weighted by Gasteiger charge is 2.37. The van der Waals surface area contributed by atoms with Gasteiger partial charge in [-0.05, 0) is 73.6 Å². The second kappa shape index (κ2) is 15.1. The van der Waals surface area contributed by atoms with Crippen LogP contribution < -0.4 is 20.9 Å². The van der Waals surface area contributed by atoms with Crippen LogP contribution in [0.5, 0.6) is 0 Å². The molecule has 2 aromatic heterocycles. The third kappa shape index (κ3) is 7.50. The van der Waals surface area contributed by atoms with E-state index >= 15 is 0 Å². The average Bonchev–Trinajstić information content (AvgIpc) is 3.81. The van der Waals surface area contributed by atoms with Gasteiger partial charge in [0, 0.05) is 55.9 Å². The molecule has 0 saturated carbocycles. The number of piperazine rings is 1. The van der Waals surface area contributed by atoms with Crippen LogP contribution >= 0.6 is 0 Å². The standard InChI is InChI=1S/C38H46N8O4/c1-23(2)34(44-38(49)50-5)37(48)46-17-6-7-32(46)35-41-22-31(43-35)27-10-8-26(9-11-27)30-14-13-29(19-24(30)3)42-36(47)28-12-15-33(40-21-28)45-18-16-39-20-25(45)4/h8-15,19,21-23,25,32,34,39H,6-7,16-18,20H2,1-5H3,(H,41,43)(H,42,47)(H,44,49)/t25-,32+,34+/m1/s1. The number of aromatic amines is 1. The highest BCUT2D eigenvalue weighted by molar-refractivity contribution is 6.04. The number of aryl methyl sites for hydroxylation is 1. The smallest absolute Gasteiger partial charge is 0.407 e. The Hall–Kier alpha value is -5.23. The molecule has 0 spiro atoms. The van der Waals surface area contributed by atoms with E-state index < -0.39 is 12.1 Å². The van der Waals surface area contributed by atoms with Gasteiger partial charge >= 0.3 is 6.09 Å². The Bertz CT molecular complexity index is 1820. The van der Waals surface area contributed by atoms with E-state index in [-0.39, 0.29) is 23.8 Å². The van der Waals surface area contributed by atoms with E-state index in [0.717, 1.165) is 77.8 Å². The lowest BCUT2D eigenvalue weighted by Crippen LogP contribution is -2.51. The summed E-state index contributed by atoms with van der Waals surface area (Å²) in [6.07, 6.45) is 4.53. The predicted octanol–water partition coefficient (Wildman–Crippen LogP) is 5.54. The molecule has 3 atom stereocenters. The molecule has 3 amide bonds. The third-order valence-electron chi connectivity index (χ3n) is 9.62. The number of anilines is 2. The monoisotopic (exact) mass is 678 g/mol. The first-order valence-electron chi connectivity index (χ1n) is 17.3. The van der Waals surface area contributed by atoms with E-state index in [9.17, 15) is 14.4 Å². The van der Waals surface area contributed by atoms with E-state index in [1.165, 1.54) is 7.11 Å². The lowest BCUT2D eigenvalue weighted by molar-refractivity contribution is -0.135. The summed E-state index contributed by atoms with van der Waals surface area (Å²) in [6.45, 7) is 11.3. The van der Waals surface area contributed by atoms with Crippen LogP contribution in [0.1, 0.15) is 61.4 Å². The van der Waals surface area contributed by atoms with Gasteiger partial charge in [0.05, 0.1) is 24.4 Å². The van der Waals surface area contributed by atoms with Gasteiger partial charge in [-0.15, -0.1) is 0 Å². The van der Waals surface area contributed by atoms with Crippen molar-refractivity contribution in [1.29, 1.82) is 0 Å². The summed E-state index contributed by atoms with van der Waals surface area (Å²) in [5.74, 6) is 1.18. The summed E-state index contributed by atoms with van der Waals surface area (Å²) < 4.78 is 4.75. The Morgan fingerprint density at radius 3 is 2.48 bits per heavy atom. The maximum atomic E-state index is 13.5. The molecule has 2 fully saturated rings. The number of rotatable bonds is 9. The zero-order valence-electron chi connectivity index (χ0n) is 29.3. The second-order valence-electron chi connectivity index (χ2n) is 13.4. The van der Waals surface area contributed by atoms with Crippen molar-refractivity contribution in [2.75, 3.05) is 43.5 Å². The van der Waals surface area contributed by atoms with Gasteiger partial charge in [0.1, 0.15) is 17.7 Å². The predicted molar refractivity (Wildman–Crippen MR) is 194 cm³/mol. The fraction of sp³-hybridized carbons (Fsp3) is 0.395. The van der Waals surface area contributed by atoms with Crippen LogP contribution in [-0.2, 0) is 9.53 Å². The molecule has 4 N–H and O–H groups in total. The maximum absolute atomic E-state index is 13.5. The third-order valence-corrected chi connectivity index (χ3v) is 9.62. The van der Waals surface area contributed by atoms with Gasteiger partial charge in [-0.25, -0.2) is 14.8 Å². The summed E-state index contributed by atoms with van der Waals surface area (Å²) in [6, 6.07) is 17.3. The fourth-order valence-electron chi connectivity index (χ4n) is 6.81. The number of aromatic nitrogens is 3. The summed E-state index contributed by atoms with van der Waals surface area (Å²) in [5.41, 5.74) is 6.12. The number of H-pyrrole nitrogens is 1. The zero-order valence-corrected chi connectivity index (χ0v) is 29.3. The number of likely N-dealkylation sites (tertiary alicyclic amines) is 1. The number of pyridine rings is 1. The lowest BCUT2D eigenvalue weighted by atomic mass is 9.98. The van der Waals surface area contributed by atoms with Crippen LogP contribution in [0.15, 0.2) is 67.0 Å². The largest absolute Gasteiger partial charge is 0.453 e. The summed E-state index contributed by atoms with van der Waals surface area (Å²) in [7, 11) is 1.29. The van der Waals surface area contributed by atoms with Crippen molar-refractivity contribution in [1.82, 2.24) is 30.5 Å². The molecule has 0 radical (unpaired) electrons. The minimum Gasteiger partial charge on any atom is -0.453 e. The number of carbonyl (C=O) groups excluding carboxylic acids is 3. The molecule has 4 aromatic rings. The molecule has 2 saturated heterocycles. The minimum atomic E-state index is -0.680. The van der Waals surface area contributed by atoms with Crippen LogP contribution in [0.3, 0.4) is 0 Å². The van der Waals surface area contributed by atoms with Crippen molar-refractivity contribution in [3.8, 4) is 22.4 Å². The average molecular weight is 679 g/mol. The van der Waals surface area contributed by atoms with E-state index in [4.69, 9.17) is 9.72 Å². The van der Waals surface area contributed by atoms with Crippen molar-refractivity contribution in [2.45, 2.75) is 58.7 Å². The molecule has 0 bridgehead atoms. The Morgan fingerprint density at radius 1 is 1.02 bits per heavy atom. The first-order chi connectivity index (χ1) is 24.1. The van der Waals surface area contributed by atoms with Crippen LogP contribution in [0, 0.1) is 12.8 Å². The molecule has 2 aromatic carbocycles. The molecule has 4 heterocycles.